The van der Waals surface area contributed by atoms with E-state index in [-0.39, 0.29) is 0 Å². The van der Waals surface area contributed by atoms with Gasteiger partial charge in [0.25, 0.3) is 0 Å². The second kappa shape index (κ2) is 5.83. The van der Waals surface area contributed by atoms with Crippen molar-refractivity contribution in [3.8, 4) is 0 Å². The van der Waals surface area contributed by atoms with Crippen LogP contribution in [0.1, 0.15) is 26.7 Å². The Kier molecular flexibility index (Phi) is 5.64. The third kappa shape index (κ3) is 5.57. The average molecular weight is 128 g/mol. The Hall–Kier alpha value is -0.300. The molecule has 0 saturated heterocycles. The topological polar surface area (TPSA) is 20.2 Å². The summed E-state index contributed by atoms with van der Waals surface area (Å²) in [5, 5.41) is 8.51. The van der Waals surface area contributed by atoms with Crippen LogP contribution in [-0.4, -0.2) is 11.7 Å². The molecule has 0 amide bonds. The van der Waals surface area contributed by atoms with E-state index in [0.717, 1.165) is 12.8 Å². The Morgan fingerprint density at radius 2 is 2.22 bits per heavy atom. The smallest absolute Gasteiger partial charge is 0.0433 e. The SMILES string of the molecule is C/C=C/CC(C)CCO. The van der Waals surface area contributed by atoms with E-state index < -0.39 is 0 Å². The minimum atomic E-state index is 0.318. The zero-order chi connectivity index (χ0) is 7.11. The van der Waals surface area contributed by atoms with E-state index in [9.17, 15) is 0 Å². The van der Waals surface area contributed by atoms with Gasteiger partial charge >= 0.3 is 0 Å². The maximum atomic E-state index is 8.51. The molecule has 0 aliphatic carbocycles. The Bertz CT molecular complexity index is 76.6. The van der Waals surface area contributed by atoms with Gasteiger partial charge in [-0.3, -0.25) is 0 Å². The molecule has 0 aliphatic heterocycles. The molecule has 54 valence electrons. The van der Waals surface area contributed by atoms with Gasteiger partial charge in [0.1, 0.15) is 0 Å². The lowest BCUT2D eigenvalue weighted by Gasteiger charge is -2.03. The summed E-state index contributed by atoms with van der Waals surface area (Å²) in [6, 6.07) is 0. The average Bonchev–Trinajstić information content (AvgIpc) is 1.85. The summed E-state index contributed by atoms with van der Waals surface area (Å²) < 4.78 is 0. The highest BCUT2D eigenvalue weighted by Crippen LogP contribution is 2.06. The van der Waals surface area contributed by atoms with E-state index >= 15 is 0 Å². The van der Waals surface area contributed by atoms with Gasteiger partial charge in [0.15, 0.2) is 0 Å². The van der Waals surface area contributed by atoms with Gasteiger partial charge in [-0.2, -0.15) is 0 Å². The van der Waals surface area contributed by atoms with Gasteiger partial charge in [-0.15, -0.1) is 0 Å². The van der Waals surface area contributed by atoms with Gasteiger partial charge in [0, 0.05) is 6.61 Å². The highest BCUT2D eigenvalue weighted by Gasteiger charge is 1.95. The summed E-state index contributed by atoms with van der Waals surface area (Å²) in [4.78, 5) is 0. The lowest BCUT2D eigenvalue weighted by Crippen LogP contribution is -1.95. The van der Waals surface area contributed by atoms with Crippen molar-refractivity contribution in [1.29, 1.82) is 0 Å². The molecule has 0 saturated carbocycles. The van der Waals surface area contributed by atoms with E-state index in [2.05, 4.69) is 13.0 Å². The summed E-state index contributed by atoms with van der Waals surface area (Å²) >= 11 is 0. The van der Waals surface area contributed by atoms with Crippen LogP contribution in [0.4, 0.5) is 0 Å². The second-order valence-corrected chi connectivity index (χ2v) is 2.42. The summed E-state index contributed by atoms with van der Waals surface area (Å²) in [5.74, 6) is 0.631. The molecule has 0 aromatic rings. The van der Waals surface area contributed by atoms with E-state index in [0.29, 0.717) is 12.5 Å². The molecular weight excluding hydrogens is 112 g/mol. The molecular formula is C8H16O. The Morgan fingerprint density at radius 1 is 1.56 bits per heavy atom. The van der Waals surface area contributed by atoms with Crippen molar-refractivity contribution >= 4 is 0 Å². The van der Waals surface area contributed by atoms with E-state index in [1.165, 1.54) is 0 Å². The molecule has 0 rings (SSSR count). The Morgan fingerprint density at radius 3 is 2.67 bits per heavy atom. The molecule has 0 aromatic heterocycles. The molecule has 0 aromatic carbocycles. The van der Waals surface area contributed by atoms with E-state index in [4.69, 9.17) is 5.11 Å². The Labute approximate surface area is 57.4 Å². The van der Waals surface area contributed by atoms with Crippen LogP contribution in [0.5, 0.6) is 0 Å². The summed E-state index contributed by atoms with van der Waals surface area (Å²) in [6.45, 7) is 4.49. The van der Waals surface area contributed by atoms with Gasteiger partial charge in [-0.1, -0.05) is 19.1 Å². The maximum absolute atomic E-state index is 8.51. The van der Waals surface area contributed by atoms with Crippen molar-refractivity contribution in [2.24, 2.45) is 5.92 Å². The van der Waals surface area contributed by atoms with Gasteiger partial charge in [-0.05, 0) is 25.7 Å². The fraction of sp³-hybridized carbons (Fsp3) is 0.750. The molecule has 0 spiro atoms. The molecule has 0 bridgehead atoms. The number of aliphatic hydroxyl groups excluding tert-OH is 1. The zero-order valence-electron chi connectivity index (χ0n) is 6.30. The lowest BCUT2D eigenvalue weighted by molar-refractivity contribution is 0.263. The lowest BCUT2D eigenvalue weighted by atomic mass is 10.0. The van der Waals surface area contributed by atoms with Crippen LogP contribution in [0.15, 0.2) is 12.2 Å². The monoisotopic (exact) mass is 128 g/mol. The summed E-state index contributed by atoms with van der Waals surface area (Å²) in [6.07, 6.45) is 6.20. The minimum absolute atomic E-state index is 0.318. The first kappa shape index (κ1) is 8.70. The van der Waals surface area contributed by atoms with Crippen LogP contribution in [-0.2, 0) is 0 Å². The van der Waals surface area contributed by atoms with Crippen LogP contribution < -0.4 is 0 Å². The first-order valence-corrected chi connectivity index (χ1v) is 3.53. The Balaban J connectivity index is 3.15. The van der Waals surface area contributed by atoms with Crippen LogP contribution in [0, 0.1) is 5.92 Å². The fourth-order valence-corrected chi connectivity index (χ4v) is 0.707. The summed E-state index contributed by atoms with van der Waals surface area (Å²) in [5.41, 5.74) is 0. The maximum Gasteiger partial charge on any atom is 0.0433 e. The molecule has 1 unspecified atom stereocenters. The van der Waals surface area contributed by atoms with Crippen molar-refractivity contribution in [2.45, 2.75) is 26.7 Å². The van der Waals surface area contributed by atoms with Crippen molar-refractivity contribution in [1.82, 2.24) is 0 Å². The summed E-state index contributed by atoms with van der Waals surface area (Å²) in [7, 11) is 0. The predicted molar refractivity (Wildman–Crippen MR) is 40.3 cm³/mol. The van der Waals surface area contributed by atoms with Gasteiger partial charge < -0.3 is 5.11 Å². The van der Waals surface area contributed by atoms with Gasteiger partial charge in [0.05, 0.1) is 0 Å². The normalized spacial score (nSPS) is 14.6. The fourth-order valence-electron chi connectivity index (χ4n) is 0.707. The number of rotatable bonds is 4. The highest BCUT2D eigenvalue weighted by atomic mass is 16.2. The van der Waals surface area contributed by atoms with E-state index in [1.54, 1.807) is 0 Å². The molecule has 0 aliphatic rings. The molecule has 0 heterocycles. The van der Waals surface area contributed by atoms with Gasteiger partial charge in [-0.25, -0.2) is 0 Å². The highest BCUT2D eigenvalue weighted by molar-refractivity contribution is 4.78. The van der Waals surface area contributed by atoms with Crippen molar-refractivity contribution in [3.63, 3.8) is 0 Å². The second-order valence-electron chi connectivity index (χ2n) is 2.42. The quantitative estimate of drug-likeness (QED) is 0.574. The molecule has 1 heteroatoms. The molecule has 0 radical (unpaired) electrons. The third-order valence-corrected chi connectivity index (χ3v) is 1.40. The van der Waals surface area contributed by atoms with Crippen LogP contribution in [0.3, 0.4) is 0 Å². The number of hydrogen-bond acceptors (Lipinski definition) is 1. The standard InChI is InChI=1S/C8H16O/c1-3-4-5-8(2)6-7-9/h3-4,8-9H,5-7H2,1-2H3/b4-3+. The molecule has 9 heavy (non-hydrogen) atoms. The molecule has 0 fully saturated rings. The van der Waals surface area contributed by atoms with Crippen molar-refractivity contribution in [2.75, 3.05) is 6.61 Å². The first-order chi connectivity index (χ1) is 4.31. The zero-order valence-corrected chi connectivity index (χ0v) is 6.30. The first-order valence-electron chi connectivity index (χ1n) is 3.53. The number of hydrogen-bond donors (Lipinski definition) is 1. The molecule has 1 N–H and O–H groups in total. The largest absolute Gasteiger partial charge is 0.396 e. The van der Waals surface area contributed by atoms with Gasteiger partial charge in [0.2, 0.25) is 0 Å². The molecule has 1 nitrogen and oxygen atoms in total. The third-order valence-electron chi connectivity index (χ3n) is 1.40. The number of aliphatic hydroxyl groups is 1. The minimum Gasteiger partial charge on any atom is -0.396 e. The molecule has 1 atom stereocenters. The van der Waals surface area contributed by atoms with Crippen LogP contribution >= 0.6 is 0 Å². The van der Waals surface area contributed by atoms with Crippen LogP contribution in [0.2, 0.25) is 0 Å². The van der Waals surface area contributed by atoms with Crippen molar-refractivity contribution in [3.05, 3.63) is 12.2 Å². The van der Waals surface area contributed by atoms with Crippen LogP contribution in [0.25, 0.3) is 0 Å². The van der Waals surface area contributed by atoms with E-state index in [1.807, 2.05) is 13.0 Å². The number of allylic oxidation sites excluding steroid dienone is 2. The van der Waals surface area contributed by atoms with Crippen molar-refractivity contribution < 1.29 is 5.11 Å². The predicted octanol–water partition coefficient (Wildman–Crippen LogP) is 1.97.